The summed E-state index contributed by atoms with van der Waals surface area (Å²) in [5.74, 6) is 0. The zero-order valence-electron chi connectivity index (χ0n) is 11.2. The maximum atomic E-state index is 5.65. The number of hydrogen-bond acceptors (Lipinski definition) is 2. The van der Waals surface area contributed by atoms with Crippen molar-refractivity contribution in [2.24, 2.45) is 0 Å². The van der Waals surface area contributed by atoms with Gasteiger partial charge in [-0.15, -0.1) is 0 Å². The van der Waals surface area contributed by atoms with E-state index in [1.165, 1.54) is 24.8 Å². The molecular formula is C15H22BrNO. The molecule has 1 N–H and O–H groups in total. The third-order valence-corrected chi connectivity index (χ3v) is 4.58. The van der Waals surface area contributed by atoms with E-state index in [0.717, 1.165) is 17.4 Å². The van der Waals surface area contributed by atoms with Crippen LogP contribution in [0.5, 0.6) is 0 Å². The Labute approximate surface area is 118 Å². The molecule has 100 valence electrons. The normalized spacial score (nSPS) is 19.3. The summed E-state index contributed by atoms with van der Waals surface area (Å²) in [5.41, 5.74) is 1.45. The minimum atomic E-state index is 0.1000. The van der Waals surface area contributed by atoms with Crippen molar-refractivity contribution in [2.75, 3.05) is 13.7 Å². The van der Waals surface area contributed by atoms with Gasteiger partial charge in [-0.05, 0) is 43.4 Å². The van der Waals surface area contributed by atoms with E-state index in [9.17, 15) is 0 Å². The summed E-state index contributed by atoms with van der Waals surface area (Å²) in [6, 6.07) is 9.01. The Bertz CT molecular complexity index is 367. The zero-order chi connectivity index (χ0) is 13.0. The van der Waals surface area contributed by atoms with Crippen LogP contribution in [0.25, 0.3) is 0 Å². The molecular weight excluding hydrogens is 290 g/mol. The Balaban J connectivity index is 1.95. The third-order valence-electron chi connectivity index (χ3n) is 4.05. The molecule has 18 heavy (non-hydrogen) atoms. The van der Waals surface area contributed by atoms with Gasteiger partial charge in [0.2, 0.25) is 0 Å². The molecule has 1 aromatic carbocycles. The lowest BCUT2D eigenvalue weighted by molar-refractivity contribution is -0.0709. The van der Waals surface area contributed by atoms with Crippen molar-refractivity contribution in [1.82, 2.24) is 5.32 Å². The quantitative estimate of drug-likeness (QED) is 0.855. The van der Waals surface area contributed by atoms with E-state index < -0.39 is 0 Å². The van der Waals surface area contributed by atoms with Gasteiger partial charge in [0.25, 0.3) is 0 Å². The molecule has 1 unspecified atom stereocenters. The standard InChI is InChI=1S/C15H22BrNO/c1-3-14(12-5-7-13(16)8-6-12)17-11-15(18-2)9-4-10-15/h5-8,14,17H,3-4,9-11H2,1-2H3. The molecule has 1 atom stereocenters. The van der Waals surface area contributed by atoms with Crippen molar-refractivity contribution in [2.45, 2.75) is 44.2 Å². The number of methoxy groups -OCH3 is 1. The predicted octanol–water partition coefficient (Wildman–Crippen LogP) is 4.06. The Hall–Kier alpha value is -0.380. The SMILES string of the molecule is CCC(NCC1(OC)CCC1)c1ccc(Br)cc1. The first-order valence-corrected chi connectivity index (χ1v) is 7.52. The van der Waals surface area contributed by atoms with Crippen LogP contribution < -0.4 is 5.32 Å². The van der Waals surface area contributed by atoms with Gasteiger partial charge in [0.05, 0.1) is 5.60 Å². The molecule has 0 bridgehead atoms. The van der Waals surface area contributed by atoms with Gasteiger partial charge in [-0.1, -0.05) is 35.0 Å². The Morgan fingerprint density at radius 3 is 2.44 bits per heavy atom. The van der Waals surface area contributed by atoms with Crippen molar-refractivity contribution >= 4 is 15.9 Å². The fourth-order valence-corrected chi connectivity index (χ4v) is 2.79. The predicted molar refractivity (Wildman–Crippen MR) is 78.8 cm³/mol. The average Bonchev–Trinajstić information content (AvgIpc) is 2.35. The second kappa shape index (κ2) is 6.18. The third kappa shape index (κ3) is 3.14. The number of ether oxygens (including phenoxy) is 1. The second-order valence-corrected chi connectivity index (χ2v) is 6.05. The summed E-state index contributed by atoms with van der Waals surface area (Å²) in [5, 5.41) is 3.66. The van der Waals surface area contributed by atoms with Gasteiger partial charge < -0.3 is 10.1 Å². The first-order chi connectivity index (χ1) is 8.69. The molecule has 2 nitrogen and oxygen atoms in total. The van der Waals surface area contributed by atoms with E-state index in [1.807, 2.05) is 7.11 Å². The first-order valence-electron chi connectivity index (χ1n) is 6.73. The van der Waals surface area contributed by atoms with Crippen LogP contribution in [-0.2, 0) is 4.74 Å². The number of hydrogen-bond donors (Lipinski definition) is 1. The van der Waals surface area contributed by atoms with Gasteiger partial charge in [-0.2, -0.15) is 0 Å². The molecule has 2 rings (SSSR count). The maximum Gasteiger partial charge on any atom is 0.0802 e. The fraction of sp³-hybridized carbons (Fsp3) is 0.600. The van der Waals surface area contributed by atoms with Crippen LogP contribution in [0, 0.1) is 0 Å². The van der Waals surface area contributed by atoms with Crippen LogP contribution in [0.1, 0.15) is 44.2 Å². The number of halogens is 1. The van der Waals surface area contributed by atoms with E-state index in [0.29, 0.717) is 6.04 Å². The highest BCUT2D eigenvalue weighted by molar-refractivity contribution is 9.10. The van der Waals surface area contributed by atoms with Crippen LogP contribution in [0.15, 0.2) is 28.7 Å². The summed E-state index contributed by atoms with van der Waals surface area (Å²) in [7, 11) is 1.83. The second-order valence-electron chi connectivity index (χ2n) is 5.13. The number of benzene rings is 1. The smallest absolute Gasteiger partial charge is 0.0802 e. The number of rotatable bonds is 6. The Kier molecular flexibility index (Phi) is 4.82. The van der Waals surface area contributed by atoms with Crippen LogP contribution >= 0.6 is 15.9 Å². The first kappa shape index (κ1) is 14.0. The lowest BCUT2D eigenvalue weighted by Gasteiger charge is -2.41. The molecule has 1 aliphatic rings. The van der Waals surface area contributed by atoms with Crippen LogP contribution in [0.3, 0.4) is 0 Å². The molecule has 1 saturated carbocycles. The van der Waals surface area contributed by atoms with E-state index >= 15 is 0 Å². The molecule has 0 amide bonds. The summed E-state index contributed by atoms with van der Waals surface area (Å²) >= 11 is 3.48. The molecule has 0 heterocycles. The van der Waals surface area contributed by atoms with Crippen molar-refractivity contribution in [1.29, 1.82) is 0 Å². The van der Waals surface area contributed by atoms with Gasteiger partial charge in [-0.3, -0.25) is 0 Å². The summed E-state index contributed by atoms with van der Waals surface area (Å²) < 4.78 is 6.79. The van der Waals surface area contributed by atoms with Crippen LogP contribution in [0.2, 0.25) is 0 Å². The molecule has 0 aliphatic heterocycles. The molecule has 1 aromatic rings. The molecule has 0 radical (unpaired) electrons. The Morgan fingerprint density at radius 2 is 2.00 bits per heavy atom. The van der Waals surface area contributed by atoms with Crippen molar-refractivity contribution < 1.29 is 4.74 Å². The van der Waals surface area contributed by atoms with E-state index in [1.54, 1.807) is 0 Å². The molecule has 1 aliphatic carbocycles. The molecule has 0 aromatic heterocycles. The molecule has 3 heteroatoms. The highest BCUT2D eigenvalue weighted by Crippen LogP contribution is 2.35. The summed E-state index contributed by atoms with van der Waals surface area (Å²) in [6.07, 6.45) is 4.77. The van der Waals surface area contributed by atoms with Gasteiger partial charge in [-0.25, -0.2) is 0 Å². The van der Waals surface area contributed by atoms with E-state index in [-0.39, 0.29) is 5.60 Å². The Morgan fingerprint density at radius 1 is 1.33 bits per heavy atom. The van der Waals surface area contributed by atoms with Crippen molar-refractivity contribution in [3.8, 4) is 0 Å². The zero-order valence-corrected chi connectivity index (χ0v) is 12.8. The molecule has 0 saturated heterocycles. The highest BCUT2D eigenvalue weighted by Gasteiger charge is 2.37. The van der Waals surface area contributed by atoms with Crippen LogP contribution in [-0.4, -0.2) is 19.3 Å². The van der Waals surface area contributed by atoms with Crippen molar-refractivity contribution in [3.05, 3.63) is 34.3 Å². The summed E-state index contributed by atoms with van der Waals surface area (Å²) in [6.45, 7) is 3.18. The fourth-order valence-electron chi connectivity index (χ4n) is 2.53. The molecule has 1 fully saturated rings. The lowest BCUT2D eigenvalue weighted by Crippen LogP contribution is -2.48. The van der Waals surface area contributed by atoms with E-state index in [4.69, 9.17) is 4.74 Å². The van der Waals surface area contributed by atoms with Crippen molar-refractivity contribution in [3.63, 3.8) is 0 Å². The minimum absolute atomic E-state index is 0.1000. The monoisotopic (exact) mass is 311 g/mol. The number of nitrogens with one attached hydrogen (secondary N) is 1. The van der Waals surface area contributed by atoms with Gasteiger partial charge in [0.15, 0.2) is 0 Å². The lowest BCUT2D eigenvalue weighted by atomic mass is 9.79. The van der Waals surface area contributed by atoms with E-state index in [2.05, 4.69) is 52.4 Å². The topological polar surface area (TPSA) is 21.3 Å². The van der Waals surface area contributed by atoms with Gasteiger partial charge in [0, 0.05) is 24.2 Å². The molecule has 0 spiro atoms. The highest BCUT2D eigenvalue weighted by atomic mass is 79.9. The largest absolute Gasteiger partial charge is 0.377 e. The van der Waals surface area contributed by atoms with Gasteiger partial charge >= 0.3 is 0 Å². The minimum Gasteiger partial charge on any atom is -0.377 e. The average molecular weight is 312 g/mol. The summed E-state index contributed by atoms with van der Waals surface area (Å²) in [4.78, 5) is 0. The van der Waals surface area contributed by atoms with Crippen LogP contribution in [0.4, 0.5) is 0 Å². The maximum absolute atomic E-state index is 5.65. The van der Waals surface area contributed by atoms with Gasteiger partial charge in [0.1, 0.15) is 0 Å².